The zero-order valence-electron chi connectivity index (χ0n) is 10.4. The zero-order valence-corrected chi connectivity index (χ0v) is 10.4. The molecule has 110 valence electrons. The molecule has 0 atom stereocenters. The lowest BCUT2D eigenvalue weighted by Gasteiger charge is -2.41. The maximum atomic E-state index is 12.0. The standard InChI is InChI=1S/C13H13F3O4/c14-13(15,16)20-10-3-1-8(2-4-10)5-12(19)6-9(7-12)11(17)18/h1-4,9,19H,5-7H2,(H,17,18). The van der Waals surface area contributed by atoms with Crippen molar-refractivity contribution in [2.45, 2.75) is 31.2 Å². The Morgan fingerprint density at radius 2 is 1.85 bits per heavy atom. The van der Waals surface area contributed by atoms with E-state index in [-0.39, 0.29) is 25.0 Å². The highest BCUT2D eigenvalue weighted by molar-refractivity contribution is 5.71. The number of carbonyl (C=O) groups is 1. The number of hydrogen-bond donors (Lipinski definition) is 2. The number of halogens is 3. The number of ether oxygens (including phenoxy) is 1. The van der Waals surface area contributed by atoms with Gasteiger partial charge in [0.1, 0.15) is 5.75 Å². The number of hydrogen-bond acceptors (Lipinski definition) is 3. The second kappa shape index (κ2) is 4.97. The van der Waals surface area contributed by atoms with Crippen molar-refractivity contribution in [3.63, 3.8) is 0 Å². The molecule has 0 saturated heterocycles. The van der Waals surface area contributed by atoms with Crippen molar-refractivity contribution in [2.75, 3.05) is 0 Å². The lowest BCUT2D eigenvalue weighted by molar-refractivity contribution is -0.274. The van der Waals surface area contributed by atoms with Gasteiger partial charge in [0.2, 0.25) is 0 Å². The van der Waals surface area contributed by atoms with E-state index >= 15 is 0 Å². The molecule has 1 aromatic rings. The SMILES string of the molecule is O=C(O)C1CC(O)(Cc2ccc(OC(F)(F)F)cc2)C1. The predicted molar refractivity (Wildman–Crippen MR) is 62.1 cm³/mol. The summed E-state index contributed by atoms with van der Waals surface area (Å²) >= 11 is 0. The average Bonchev–Trinajstić information content (AvgIpc) is 2.26. The summed E-state index contributed by atoms with van der Waals surface area (Å²) in [6.45, 7) is 0. The molecule has 1 aromatic carbocycles. The number of benzene rings is 1. The molecular weight excluding hydrogens is 277 g/mol. The first-order valence-corrected chi connectivity index (χ1v) is 5.97. The van der Waals surface area contributed by atoms with Gasteiger partial charge in [-0.3, -0.25) is 4.79 Å². The number of alkyl halides is 3. The number of aliphatic hydroxyl groups is 1. The molecule has 0 amide bonds. The molecule has 0 heterocycles. The van der Waals surface area contributed by atoms with Crippen LogP contribution in [0.2, 0.25) is 0 Å². The summed E-state index contributed by atoms with van der Waals surface area (Å²) in [5.41, 5.74) is -0.457. The third kappa shape index (κ3) is 3.63. The van der Waals surface area contributed by atoms with Crippen molar-refractivity contribution >= 4 is 5.97 Å². The summed E-state index contributed by atoms with van der Waals surface area (Å²) < 4.78 is 39.7. The molecule has 0 aromatic heterocycles. The highest BCUT2D eigenvalue weighted by atomic mass is 19.4. The van der Waals surface area contributed by atoms with Crippen LogP contribution in [0.1, 0.15) is 18.4 Å². The summed E-state index contributed by atoms with van der Waals surface area (Å²) in [6, 6.07) is 5.18. The van der Waals surface area contributed by atoms with Crippen molar-refractivity contribution in [1.82, 2.24) is 0 Å². The normalized spacial score (nSPS) is 25.9. The number of carboxylic acid groups (broad SMARTS) is 1. The third-order valence-corrected chi connectivity index (χ3v) is 3.29. The van der Waals surface area contributed by atoms with Crippen LogP contribution in [-0.4, -0.2) is 28.1 Å². The summed E-state index contributed by atoms with van der Waals surface area (Å²) in [5, 5.41) is 18.8. The van der Waals surface area contributed by atoms with Crippen molar-refractivity contribution in [2.24, 2.45) is 5.92 Å². The Hall–Kier alpha value is -1.76. The maximum Gasteiger partial charge on any atom is 0.573 e. The van der Waals surface area contributed by atoms with Crippen molar-refractivity contribution in [1.29, 1.82) is 0 Å². The molecule has 2 N–H and O–H groups in total. The van der Waals surface area contributed by atoms with Crippen molar-refractivity contribution in [3.8, 4) is 5.75 Å². The molecule has 0 radical (unpaired) electrons. The van der Waals surface area contributed by atoms with Crippen molar-refractivity contribution < 1.29 is 32.9 Å². The minimum absolute atomic E-state index is 0.156. The van der Waals surface area contributed by atoms with Gasteiger partial charge in [-0.15, -0.1) is 13.2 Å². The Morgan fingerprint density at radius 3 is 2.30 bits per heavy atom. The summed E-state index contributed by atoms with van der Waals surface area (Å²) in [4.78, 5) is 10.7. The first-order chi connectivity index (χ1) is 9.17. The smallest absolute Gasteiger partial charge is 0.481 e. The number of carboxylic acids is 1. The van der Waals surface area contributed by atoms with E-state index in [1.165, 1.54) is 24.3 Å². The second-order valence-electron chi connectivity index (χ2n) is 5.04. The Morgan fingerprint density at radius 1 is 1.30 bits per heavy atom. The van der Waals surface area contributed by atoms with Gasteiger partial charge in [-0.25, -0.2) is 0 Å². The van der Waals surface area contributed by atoms with Crippen molar-refractivity contribution in [3.05, 3.63) is 29.8 Å². The topological polar surface area (TPSA) is 66.8 Å². The Kier molecular flexibility index (Phi) is 3.64. The summed E-state index contributed by atoms with van der Waals surface area (Å²) in [7, 11) is 0. The van der Waals surface area contributed by atoms with Gasteiger partial charge in [0.15, 0.2) is 0 Å². The van der Waals surface area contributed by atoms with E-state index < -0.39 is 23.9 Å². The molecule has 0 bridgehead atoms. The van der Waals surface area contributed by atoms with Crippen LogP contribution in [-0.2, 0) is 11.2 Å². The van der Waals surface area contributed by atoms with Crippen LogP contribution < -0.4 is 4.74 Å². The molecule has 0 aliphatic heterocycles. The largest absolute Gasteiger partial charge is 0.573 e. The quantitative estimate of drug-likeness (QED) is 0.893. The molecule has 0 spiro atoms. The average molecular weight is 290 g/mol. The zero-order chi connectivity index (χ0) is 15.0. The van der Waals surface area contributed by atoms with Gasteiger partial charge in [-0.2, -0.15) is 0 Å². The fraction of sp³-hybridized carbons (Fsp3) is 0.462. The molecule has 20 heavy (non-hydrogen) atoms. The fourth-order valence-electron chi connectivity index (χ4n) is 2.37. The van der Waals surface area contributed by atoms with Gasteiger partial charge >= 0.3 is 12.3 Å². The third-order valence-electron chi connectivity index (χ3n) is 3.29. The Balaban J connectivity index is 1.93. The first kappa shape index (κ1) is 14.6. The van der Waals surface area contributed by atoms with Gasteiger partial charge in [-0.05, 0) is 30.5 Å². The van der Waals surface area contributed by atoms with Gasteiger partial charge < -0.3 is 14.9 Å². The van der Waals surface area contributed by atoms with Gasteiger partial charge in [0.25, 0.3) is 0 Å². The van der Waals surface area contributed by atoms with E-state index in [0.717, 1.165) is 0 Å². The van der Waals surface area contributed by atoms with Crippen LogP contribution in [0.5, 0.6) is 5.75 Å². The van der Waals surface area contributed by atoms with Crippen LogP contribution in [0.4, 0.5) is 13.2 Å². The monoisotopic (exact) mass is 290 g/mol. The van der Waals surface area contributed by atoms with Gasteiger partial charge in [0.05, 0.1) is 11.5 Å². The van der Waals surface area contributed by atoms with Gasteiger partial charge in [-0.1, -0.05) is 12.1 Å². The highest BCUT2D eigenvalue weighted by Crippen LogP contribution is 2.40. The fourth-order valence-corrected chi connectivity index (χ4v) is 2.37. The predicted octanol–water partition coefficient (Wildman–Crippen LogP) is 2.35. The molecular formula is C13H13F3O4. The summed E-state index contributed by atoms with van der Waals surface area (Å²) in [5.74, 6) is -1.82. The molecule has 0 unspecified atom stereocenters. The van der Waals surface area contributed by atoms with E-state index in [1.807, 2.05) is 0 Å². The van der Waals surface area contributed by atoms with Crippen LogP contribution in [0.25, 0.3) is 0 Å². The molecule has 1 saturated carbocycles. The van der Waals surface area contributed by atoms with E-state index in [9.17, 15) is 23.1 Å². The minimum atomic E-state index is -4.73. The van der Waals surface area contributed by atoms with Crippen LogP contribution in [0, 0.1) is 5.92 Å². The van der Waals surface area contributed by atoms with Gasteiger partial charge in [0, 0.05) is 6.42 Å². The van der Waals surface area contributed by atoms with E-state index in [1.54, 1.807) is 0 Å². The van der Waals surface area contributed by atoms with E-state index in [0.29, 0.717) is 5.56 Å². The minimum Gasteiger partial charge on any atom is -0.481 e. The van der Waals surface area contributed by atoms with E-state index in [2.05, 4.69) is 4.74 Å². The van der Waals surface area contributed by atoms with E-state index in [4.69, 9.17) is 5.11 Å². The van der Waals surface area contributed by atoms with Crippen LogP contribution in [0.15, 0.2) is 24.3 Å². The van der Waals surface area contributed by atoms with Crippen LogP contribution in [0.3, 0.4) is 0 Å². The first-order valence-electron chi connectivity index (χ1n) is 5.97. The Labute approximate surface area is 112 Å². The summed E-state index contributed by atoms with van der Waals surface area (Å²) in [6.07, 6.45) is -4.21. The highest BCUT2D eigenvalue weighted by Gasteiger charge is 2.46. The molecule has 7 heteroatoms. The van der Waals surface area contributed by atoms with Crippen LogP contribution >= 0.6 is 0 Å². The Bertz CT molecular complexity index is 489. The lowest BCUT2D eigenvalue weighted by atomic mass is 9.68. The molecule has 1 aliphatic rings. The number of rotatable bonds is 4. The molecule has 1 aliphatic carbocycles. The lowest BCUT2D eigenvalue weighted by Crippen LogP contribution is -2.48. The molecule has 1 fully saturated rings. The molecule has 2 rings (SSSR count). The maximum absolute atomic E-state index is 12.0. The second-order valence-corrected chi connectivity index (χ2v) is 5.04. The number of aliphatic carboxylic acids is 1. The molecule has 4 nitrogen and oxygen atoms in total.